The van der Waals surface area contributed by atoms with E-state index in [1.807, 2.05) is 13.0 Å². The molecule has 164 valence electrons. The average molecular weight is 519 g/mol. The number of amides is 1. The van der Waals surface area contributed by atoms with Gasteiger partial charge in [0, 0.05) is 59.2 Å². The number of ether oxygens (including phenoxy) is 2. The van der Waals surface area contributed by atoms with Gasteiger partial charge in [-0.05, 0) is 43.7 Å². The second kappa shape index (κ2) is 15.4. The number of nitrogens with one attached hydrogen (secondary N) is 3. The zero-order chi connectivity index (χ0) is 20.0. The van der Waals surface area contributed by atoms with E-state index >= 15 is 0 Å². The van der Waals surface area contributed by atoms with Gasteiger partial charge >= 0.3 is 0 Å². The molecule has 1 aliphatic rings. The van der Waals surface area contributed by atoms with Gasteiger partial charge in [-0.2, -0.15) is 0 Å². The van der Waals surface area contributed by atoms with Gasteiger partial charge < -0.3 is 25.4 Å². The Labute approximate surface area is 190 Å². The standard InChI is InChI=1S/C20H33N5O3.HI/c1-16-4-5-18(24-14-16)25-19(26)6-10-23-20(21-2)22-9-3-11-28-15-17-7-12-27-13-8-17;/h4-5,14,17H,3,6-13,15H2,1-2H3,(H2,21,22,23)(H,24,25,26);1H. The predicted molar refractivity (Wildman–Crippen MR) is 126 cm³/mol. The van der Waals surface area contributed by atoms with Crippen LogP contribution in [0.25, 0.3) is 0 Å². The molecular weight excluding hydrogens is 485 g/mol. The normalized spacial score (nSPS) is 14.8. The van der Waals surface area contributed by atoms with Crippen LogP contribution in [0, 0.1) is 12.8 Å². The summed E-state index contributed by atoms with van der Waals surface area (Å²) >= 11 is 0. The summed E-state index contributed by atoms with van der Waals surface area (Å²) in [6.45, 7) is 6.49. The fourth-order valence-corrected chi connectivity index (χ4v) is 2.81. The number of hydrogen-bond donors (Lipinski definition) is 3. The van der Waals surface area contributed by atoms with Crippen molar-refractivity contribution in [2.45, 2.75) is 32.6 Å². The van der Waals surface area contributed by atoms with Gasteiger partial charge in [0.05, 0.1) is 0 Å². The number of carbonyl (C=O) groups excluding carboxylic acids is 1. The maximum absolute atomic E-state index is 12.0. The summed E-state index contributed by atoms with van der Waals surface area (Å²) in [5, 5.41) is 9.15. The highest BCUT2D eigenvalue weighted by Gasteiger charge is 2.13. The Bertz CT molecular complexity index is 607. The van der Waals surface area contributed by atoms with Gasteiger partial charge in [0.1, 0.15) is 5.82 Å². The zero-order valence-electron chi connectivity index (χ0n) is 17.4. The molecule has 1 fully saturated rings. The zero-order valence-corrected chi connectivity index (χ0v) is 19.7. The summed E-state index contributed by atoms with van der Waals surface area (Å²) in [5.41, 5.74) is 1.06. The smallest absolute Gasteiger partial charge is 0.227 e. The molecule has 29 heavy (non-hydrogen) atoms. The fourth-order valence-electron chi connectivity index (χ4n) is 2.81. The first-order valence-corrected chi connectivity index (χ1v) is 10.00. The van der Waals surface area contributed by atoms with Crippen molar-refractivity contribution in [3.63, 3.8) is 0 Å². The minimum Gasteiger partial charge on any atom is -0.381 e. The third-order valence-electron chi connectivity index (χ3n) is 4.50. The van der Waals surface area contributed by atoms with Crippen LogP contribution < -0.4 is 16.0 Å². The maximum atomic E-state index is 12.0. The van der Waals surface area contributed by atoms with Gasteiger partial charge in [-0.15, -0.1) is 24.0 Å². The number of aliphatic imine (C=N–C) groups is 1. The number of guanidine groups is 1. The van der Waals surface area contributed by atoms with Crippen molar-refractivity contribution in [1.29, 1.82) is 0 Å². The first kappa shape index (κ1) is 25.6. The molecule has 1 aromatic rings. The van der Waals surface area contributed by atoms with E-state index in [1.165, 1.54) is 0 Å². The molecule has 0 spiro atoms. The molecule has 2 rings (SSSR count). The topological polar surface area (TPSA) is 96.9 Å². The van der Waals surface area contributed by atoms with E-state index in [0.29, 0.717) is 30.7 Å². The van der Waals surface area contributed by atoms with Gasteiger partial charge in [0.15, 0.2) is 5.96 Å². The molecular formula is C20H34IN5O3. The Morgan fingerprint density at radius 1 is 1.28 bits per heavy atom. The molecule has 1 amide bonds. The lowest BCUT2D eigenvalue weighted by Gasteiger charge is -2.21. The molecule has 0 bridgehead atoms. The number of rotatable bonds is 10. The van der Waals surface area contributed by atoms with Crippen molar-refractivity contribution in [2.24, 2.45) is 10.9 Å². The van der Waals surface area contributed by atoms with Crippen molar-refractivity contribution in [3.05, 3.63) is 23.9 Å². The second-order valence-electron chi connectivity index (χ2n) is 6.93. The molecule has 9 heteroatoms. The average Bonchev–Trinajstić information content (AvgIpc) is 2.71. The summed E-state index contributed by atoms with van der Waals surface area (Å²) in [6, 6.07) is 3.71. The van der Waals surface area contributed by atoms with Crippen LogP contribution in [-0.4, -0.2) is 63.4 Å². The van der Waals surface area contributed by atoms with Crippen LogP contribution >= 0.6 is 24.0 Å². The van der Waals surface area contributed by atoms with Crippen molar-refractivity contribution in [2.75, 3.05) is 51.9 Å². The maximum Gasteiger partial charge on any atom is 0.227 e. The molecule has 0 atom stereocenters. The number of pyridine rings is 1. The summed E-state index contributed by atoms with van der Waals surface area (Å²) in [7, 11) is 1.72. The van der Waals surface area contributed by atoms with E-state index in [1.54, 1.807) is 19.3 Å². The van der Waals surface area contributed by atoms with Crippen molar-refractivity contribution >= 4 is 41.7 Å². The highest BCUT2D eigenvalue weighted by Crippen LogP contribution is 2.14. The summed E-state index contributed by atoms with van der Waals surface area (Å²) < 4.78 is 11.1. The van der Waals surface area contributed by atoms with Gasteiger partial charge in [0.2, 0.25) is 5.91 Å². The van der Waals surface area contributed by atoms with E-state index in [4.69, 9.17) is 9.47 Å². The molecule has 0 saturated carbocycles. The van der Waals surface area contributed by atoms with Gasteiger partial charge in [-0.1, -0.05) is 6.07 Å². The molecule has 1 aliphatic heterocycles. The van der Waals surface area contributed by atoms with Gasteiger partial charge in [-0.3, -0.25) is 9.79 Å². The Kier molecular flexibility index (Phi) is 13.6. The minimum absolute atomic E-state index is 0. The van der Waals surface area contributed by atoms with Crippen LogP contribution in [0.4, 0.5) is 5.82 Å². The van der Waals surface area contributed by atoms with E-state index < -0.39 is 0 Å². The molecule has 3 N–H and O–H groups in total. The number of anilines is 1. The van der Waals surface area contributed by atoms with Crippen LogP contribution in [0.3, 0.4) is 0 Å². The van der Waals surface area contributed by atoms with Crippen molar-refractivity contribution in [1.82, 2.24) is 15.6 Å². The van der Waals surface area contributed by atoms with Gasteiger partial charge in [0.25, 0.3) is 0 Å². The van der Waals surface area contributed by atoms with Crippen LogP contribution in [-0.2, 0) is 14.3 Å². The van der Waals surface area contributed by atoms with Crippen LogP contribution in [0.2, 0.25) is 0 Å². The van der Waals surface area contributed by atoms with Crippen LogP contribution in [0.15, 0.2) is 23.3 Å². The quantitative estimate of drug-likeness (QED) is 0.190. The van der Waals surface area contributed by atoms with E-state index in [0.717, 1.165) is 57.8 Å². The minimum atomic E-state index is -0.0826. The predicted octanol–water partition coefficient (Wildman–Crippen LogP) is 2.33. The summed E-state index contributed by atoms with van der Waals surface area (Å²) in [6.07, 6.45) is 5.17. The summed E-state index contributed by atoms with van der Waals surface area (Å²) in [5.74, 6) is 1.81. The molecule has 0 unspecified atom stereocenters. The lowest BCUT2D eigenvalue weighted by Crippen LogP contribution is -2.39. The molecule has 1 aromatic heterocycles. The SMILES string of the molecule is CN=C(NCCCOCC1CCOCC1)NCCC(=O)Nc1ccc(C)cn1.I. The van der Waals surface area contributed by atoms with Crippen molar-refractivity contribution in [3.8, 4) is 0 Å². The number of carbonyl (C=O) groups is 1. The Morgan fingerprint density at radius 2 is 2.03 bits per heavy atom. The fraction of sp³-hybridized carbons (Fsp3) is 0.650. The number of hydrogen-bond acceptors (Lipinski definition) is 5. The summed E-state index contributed by atoms with van der Waals surface area (Å²) in [4.78, 5) is 20.3. The lowest BCUT2D eigenvalue weighted by molar-refractivity contribution is -0.116. The van der Waals surface area contributed by atoms with Crippen LogP contribution in [0.1, 0.15) is 31.2 Å². The molecule has 0 aromatic carbocycles. The third-order valence-corrected chi connectivity index (χ3v) is 4.50. The largest absolute Gasteiger partial charge is 0.381 e. The van der Waals surface area contributed by atoms with Gasteiger partial charge in [-0.25, -0.2) is 4.98 Å². The third kappa shape index (κ3) is 11.3. The first-order chi connectivity index (χ1) is 13.7. The molecule has 8 nitrogen and oxygen atoms in total. The first-order valence-electron chi connectivity index (χ1n) is 10.00. The number of nitrogens with zero attached hydrogens (tertiary/aromatic N) is 2. The van der Waals surface area contributed by atoms with Crippen LogP contribution in [0.5, 0.6) is 0 Å². The highest BCUT2D eigenvalue weighted by atomic mass is 127. The van der Waals surface area contributed by atoms with Crippen molar-refractivity contribution < 1.29 is 14.3 Å². The molecule has 1 saturated heterocycles. The Balaban J connectivity index is 0.00000420. The molecule has 2 heterocycles. The Morgan fingerprint density at radius 3 is 2.72 bits per heavy atom. The number of halogens is 1. The molecule has 0 radical (unpaired) electrons. The number of aromatic nitrogens is 1. The van der Waals surface area contributed by atoms with E-state index in [-0.39, 0.29) is 29.9 Å². The highest BCUT2D eigenvalue weighted by molar-refractivity contribution is 14.0. The monoisotopic (exact) mass is 519 g/mol. The molecule has 0 aliphatic carbocycles. The Hall–Kier alpha value is -1.46. The second-order valence-corrected chi connectivity index (χ2v) is 6.93. The van der Waals surface area contributed by atoms with E-state index in [9.17, 15) is 4.79 Å². The van der Waals surface area contributed by atoms with E-state index in [2.05, 4.69) is 25.9 Å². The number of aryl methyl sites for hydroxylation is 1. The lowest BCUT2D eigenvalue weighted by atomic mass is 10.0.